The number of nitrogens with zero attached hydrogens (tertiary/aromatic N) is 2. The SMILES string of the molecule is COc1ccc(C(=O)NC2=NCC=N2)cc1OC. The van der Waals surface area contributed by atoms with Crippen molar-refractivity contribution in [1.29, 1.82) is 0 Å². The Morgan fingerprint density at radius 1 is 1.28 bits per heavy atom. The highest BCUT2D eigenvalue weighted by Gasteiger charge is 2.12. The van der Waals surface area contributed by atoms with Gasteiger partial charge in [-0.3, -0.25) is 10.1 Å². The van der Waals surface area contributed by atoms with Crippen LogP contribution in [-0.2, 0) is 0 Å². The third-order valence-electron chi connectivity index (χ3n) is 2.41. The highest BCUT2D eigenvalue weighted by Crippen LogP contribution is 2.27. The van der Waals surface area contributed by atoms with E-state index >= 15 is 0 Å². The Morgan fingerprint density at radius 3 is 2.67 bits per heavy atom. The third-order valence-corrected chi connectivity index (χ3v) is 2.41. The Bertz CT molecular complexity index is 523. The Hall–Kier alpha value is -2.37. The molecule has 0 aliphatic carbocycles. The summed E-state index contributed by atoms with van der Waals surface area (Å²) in [7, 11) is 3.06. The molecule has 94 valence electrons. The quantitative estimate of drug-likeness (QED) is 0.861. The highest BCUT2D eigenvalue weighted by molar-refractivity contribution is 6.08. The molecule has 18 heavy (non-hydrogen) atoms. The van der Waals surface area contributed by atoms with E-state index in [-0.39, 0.29) is 5.91 Å². The molecule has 2 rings (SSSR count). The fourth-order valence-electron chi connectivity index (χ4n) is 1.52. The number of hydrogen-bond acceptors (Lipinski definition) is 5. The van der Waals surface area contributed by atoms with Crippen molar-refractivity contribution in [2.45, 2.75) is 0 Å². The number of nitrogens with one attached hydrogen (secondary N) is 1. The van der Waals surface area contributed by atoms with Crippen molar-refractivity contribution in [2.24, 2.45) is 9.98 Å². The first-order chi connectivity index (χ1) is 8.74. The molecule has 0 bridgehead atoms. The molecule has 0 saturated heterocycles. The molecule has 1 heterocycles. The second-order valence-electron chi connectivity index (χ2n) is 3.50. The third kappa shape index (κ3) is 2.48. The smallest absolute Gasteiger partial charge is 0.258 e. The highest BCUT2D eigenvalue weighted by atomic mass is 16.5. The van der Waals surface area contributed by atoms with Gasteiger partial charge < -0.3 is 9.47 Å². The van der Waals surface area contributed by atoms with E-state index < -0.39 is 0 Å². The van der Waals surface area contributed by atoms with Crippen molar-refractivity contribution in [3.8, 4) is 11.5 Å². The lowest BCUT2D eigenvalue weighted by Gasteiger charge is -2.09. The van der Waals surface area contributed by atoms with E-state index in [1.807, 2.05) is 0 Å². The lowest BCUT2D eigenvalue weighted by atomic mass is 10.2. The van der Waals surface area contributed by atoms with Crippen LogP contribution in [0.25, 0.3) is 0 Å². The molecule has 6 nitrogen and oxygen atoms in total. The summed E-state index contributed by atoms with van der Waals surface area (Å²) in [5, 5.41) is 2.60. The van der Waals surface area contributed by atoms with Crippen molar-refractivity contribution in [2.75, 3.05) is 20.8 Å². The Morgan fingerprint density at radius 2 is 2.06 bits per heavy atom. The lowest BCUT2D eigenvalue weighted by molar-refractivity contribution is 0.0976. The van der Waals surface area contributed by atoms with Crippen LogP contribution in [0, 0.1) is 0 Å². The van der Waals surface area contributed by atoms with Crippen LogP contribution in [0.3, 0.4) is 0 Å². The van der Waals surface area contributed by atoms with E-state index in [1.54, 1.807) is 31.5 Å². The molecule has 1 aromatic rings. The molecule has 1 aliphatic rings. The average molecular weight is 247 g/mol. The Labute approximate surface area is 104 Å². The molecular formula is C12H13N3O3. The number of guanidine groups is 1. The predicted molar refractivity (Wildman–Crippen MR) is 67.8 cm³/mol. The summed E-state index contributed by atoms with van der Waals surface area (Å²) in [5.74, 6) is 1.12. The van der Waals surface area contributed by atoms with Crippen molar-refractivity contribution in [1.82, 2.24) is 5.32 Å². The summed E-state index contributed by atoms with van der Waals surface area (Å²) >= 11 is 0. The Kier molecular flexibility index (Phi) is 3.57. The van der Waals surface area contributed by atoms with Crippen LogP contribution in [0.5, 0.6) is 11.5 Å². The molecule has 1 amide bonds. The predicted octanol–water partition coefficient (Wildman–Crippen LogP) is 0.874. The zero-order valence-corrected chi connectivity index (χ0v) is 10.1. The second-order valence-corrected chi connectivity index (χ2v) is 3.50. The van der Waals surface area contributed by atoms with Gasteiger partial charge in [0.2, 0.25) is 5.96 Å². The molecule has 0 fully saturated rings. The van der Waals surface area contributed by atoms with Gasteiger partial charge in [0.25, 0.3) is 5.91 Å². The minimum absolute atomic E-state index is 0.284. The van der Waals surface area contributed by atoms with Gasteiger partial charge in [-0.2, -0.15) is 0 Å². The summed E-state index contributed by atoms with van der Waals surface area (Å²) in [6.07, 6.45) is 1.63. The van der Waals surface area contributed by atoms with Crippen LogP contribution < -0.4 is 14.8 Å². The number of hydrogen-bond donors (Lipinski definition) is 1. The lowest BCUT2D eigenvalue weighted by Crippen LogP contribution is -2.28. The molecule has 0 radical (unpaired) electrons. The summed E-state index contributed by atoms with van der Waals surface area (Å²) in [6.45, 7) is 0.502. The summed E-state index contributed by atoms with van der Waals surface area (Å²) in [6, 6.07) is 4.93. The van der Waals surface area contributed by atoms with Crippen molar-refractivity contribution in [3.63, 3.8) is 0 Å². The second kappa shape index (κ2) is 5.31. The van der Waals surface area contributed by atoms with E-state index in [0.717, 1.165) is 0 Å². The van der Waals surface area contributed by atoms with Gasteiger partial charge in [-0.05, 0) is 18.2 Å². The van der Waals surface area contributed by atoms with Gasteiger partial charge in [-0.1, -0.05) is 0 Å². The van der Waals surface area contributed by atoms with Crippen LogP contribution in [-0.4, -0.2) is 38.8 Å². The fraction of sp³-hybridized carbons (Fsp3) is 0.250. The van der Waals surface area contributed by atoms with Crippen molar-refractivity contribution in [3.05, 3.63) is 23.8 Å². The van der Waals surface area contributed by atoms with Crippen molar-refractivity contribution >= 4 is 18.1 Å². The maximum Gasteiger partial charge on any atom is 0.258 e. The van der Waals surface area contributed by atoms with Crippen molar-refractivity contribution < 1.29 is 14.3 Å². The molecule has 1 aliphatic heterocycles. The monoisotopic (exact) mass is 247 g/mol. The standard InChI is InChI=1S/C12H13N3O3/c1-17-9-4-3-8(7-10(9)18-2)11(16)15-12-13-5-6-14-12/h3-5,7H,6H2,1-2H3,(H,14,15,16). The number of rotatable bonds is 3. The van der Waals surface area contributed by atoms with Gasteiger partial charge in [-0.25, -0.2) is 9.98 Å². The Balaban J connectivity index is 2.17. The van der Waals surface area contributed by atoms with Gasteiger partial charge in [0.1, 0.15) is 0 Å². The summed E-state index contributed by atoms with van der Waals surface area (Å²) in [4.78, 5) is 19.8. The molecule has 6 heteroatoms. The van der Waals surface area contributed by atoms with E-state index in [4.69, 9.17) is 9.47 Å². The molecule has 1 N–H and O–H groups in total. The van der Waals surface area contributed by atoms with Gasteiger partial charge in [0.15, 0.2) is 11.5 Å². The molecule has 0 aromatic heterocycles. The number of carbonyl (C=O) groups excluding carboxylic acids is 1. The zero-order valence-electron chi connectivity index (χ0n) is 10.1. The summed E-state index contributed by atoms with van der Waals surface area (Å²) in [5.41, 5.74) is 0.456. The largest absolute Gasteiger partial charge is 0.493 e. The van der Waals surface area contributed by atoms with Crippen LogP contribution in [0.15, 0.2) is 28.2 Å². The van der Waals surface area contributed by atoms with Crippen LogP contribution >= 0.6 is 0 Å². The number of benzene rings is 1. The molecular weight excluding hydrogens is 234 g/mol. The van der Waals surface area contributed by atoms with Gasteiger partial charge in [0.05, 0.1) is 20.8 Å². The topological polar surface area (TPSA) is 72.3 Å². The number of ether oxygens (including phenoxy) is 2. The zero-order chi connectivity index (χ0) is 13.0. The number of methoxy groups -OCH3 is 2. The van der Waals surface area contributed by atoms with E-state index in [0.29, 0.717) is 29.6 Å². The minimum atomic E-state index is -0.284. The number of aliphatic imine (C=N–C) groups is 2. The first-order valence-corrected chi connectivity index (χ1v) is 5.35. The van der Waals surface area contributed by atoms with Crippen LogP contribution in [0.2, 0.25) is 0 Å². The molecule has 0 spiro atoms. The van der Waals surface area contributed by atoms with E-state index in [2.05, 4.69) is 15.3 Å². The molecule has 0 saturated carbocycles. The van der Waals surface area contributed by atoms with Crippen LogP contribution in [0.1, 0.15) is 10.4 Å². The van der Waals surface area contributed by atoms with E-state index in [9.17, 15) is 4.79 Å². The number of amides is 1. The first kappa shape index (κ1) is 12.1. The average Bonchev–Trinajstić information content (AvgIpc) is 2.90. The minimum Gasteiger partial charge on any atom is -0.493 e. The first-order valence-electron chi connectivity index (χ1n) is 5.35. The fourth-order valence-corrected chi connectivity index (χ4v) is 1.52. The van der Waals surface area contributed by atoms with Gasteiger partial charge >= 0.3 is 0 Å². The van der Waals surface area contributed by atoms with Gasteiger partial charge in [-0.15, -0.1) is 0 Å². The summed E-state index contributed by atoms with van der Waals surface area (Å²) < 4.78 is 10.2. The van der Waals surface area contributed by atoms with Crippen LogP contribution in [0.4, 0.5) is 0 Å². The molecule has 0 unspecified atom stereocenters. The maximum atomic E-state index is 11.9. The van der Waals surface area contributed by atoms with Gasteiger partial charge in [0, 0.05) is 11.8 Å². The maximum absolute atomic E-state index is 11.9. The normalized spacial score (nSPS) is 13.1. The molecule has 1 aromatic carbocycles. The number of carbonyl (C=O) groups is 1. The van der Waals surface area contributed by atoms with E-state index in [1.165, 1.54) is 7.11 Å². The molecule has 0 atom stereocenters.